The number of benzene rings is 2. The number of pyridine rings is 1. The zero-order chi connectivity index (χ0) is 12.4. The normalized spacial score (nSPS) is 10.7. The van der Waals surface area contributed by atoms with Crippen LogP contribution in [-0.4, -0.2) is 10.1 Å². The maximum Gasteiger partial charge on any atom is 0.119 e. The summed E-state index contributed by atoms with van der Waals surface area (Å²) >= 11 is 0. The first kappa shape index (κ1) is 10.8. The van der Waals surface area contributed by atoms with Crippen LogP contribution in [0.1, 0.15) is 11.1 Å². The second-order valence-corrected chi connectivity index (χ2v) is 4.32. The maximum atomic E-state index is 10.0. The van der Waals surface area contributed by atoms with Crippen LogP contribution in [0.25, 0.3) is 10.8 Å². The summed E-state index contributed by atoms with van der Waals surface area (Å²) in [5.41, 5.74) is 2.06. The van der Waals surface area contributed by atoms with E-state index in [-0.39, 0.29) is 0 Å². The predicted molar refractivity (Wildman–Crippen MR) is 72.7 cm³/mol. The van der Waals surface area contributed by atoms with E-state index < -0.39 is 0 Å². The highest BCUT2D eigenvalue weighted by atomic mass is 16.3. The van der Waals surface area contributed by atoms with Gasteiger partial charge in [-0.15, -0.1) is 0 Å². The standard InChI is InChI=1S/C16H13NO/c18-16-8-7-13-5-1-2-6-14(13)15(16)10-12-4-3-9-17-11-12/h1-9,11,18H,10H2. The number of rotatable bonds is 2. The van der Waals surface area contributed by atoms with Crippen LogP contribution in [0.2, 0.25) is 0 Å². The molecule has 3 rings (SSSR count). The number of aromatic nitrogens is 1. The molecule has 0 bridgehead atoms. The third-order valence-electron chi connectivity index (χ3n) is 3.12. The maximum absolute atomic E-state index is 10.0. The molecule has 0 saturated carbocycles. The van der Waals surface area contributed by atoms with Gasteiger partial charge in [0.1, 0.15) is 5.75 Å². The second kappa shape index (κ2) is 4.49. The van der Waals surface area contributed by atoms with Crippen LogP contribution in [0.15, 0.2) is 60.9 Å². The molecule has 88 valence electrons. The van der Waals surface area contributed by atoms with E-state index in [9.17, 15) is 5.11 Å². The van der Waals surface area contributed by atoms with Gasteiger partial charge in [-0.3, -0.25) is 4.98 Å². The molecular formula is C16H13NO. The van der Waals surface area contributed by atoms with Crippen molar-refractivity contribution in [1.82, 2.24) is 4.98 Å². The van der Waals surface area contributed by atoms with Gasteiger partial charge in [0.25, 0.3) is 0 Å². The molecule has 2 nitrogen and oxygen atoms in total. The first-order valence-corrected chi connectivity index (χ1v) is 5.93. The van der Waals surface area contributed by atoms with Crippen LogP contribution < -0.4 is 0 Å². The monoisotopic (exact) mass is 235 g/mol. The number of phenols is 1. The van der Waals surface area contributed by atoms with Crippen molar-refractivity contribution >= 4 is 10.8 Å². The van der Waals surface area contributed by atoms with Gasteiger partial charge in [-0.1, -0.05) is 36.4 Å². The molecule has 0 amide bonds. The van der Waals surface area contributed by atoms with Crippen LogP contribution >= 0.6 is 0 Å². The molecule has 0 saturated heterocycles. The van der Waals surface area contributed by atoms with E-state index in [2.05, 4.69) is 11.1 Å². The van der Waals surface area contributed by atoms with Crippen molar-refractivity contribution < 1.29 is 5.11 Å². The molecule has 0 fully saturated rings. The fourth-order valence-electron chi connectivity index (χ4n) is 2.22. The van der Waals surface area contributed by atoms with Gasteiger partial charge < -0.3 is 5.11 Å². The first-order valence-electron chi connectivity index (χ1n) is 5.93. The molecule has 0 aliphatic carbocycles. The van der Waals surface area contributed by atoms with Gasteiger partial charge in [-0.25, -0.2) is 0 Å². The molecule has 1 N–H and O–H groups in total. The van der Waals surface area contributed by atoms with Gasteiger partial charge in [0.2, 0.25) is 0 Å². The number of nitrogens with zero attached hydrogens (tertiary/aromatic N) is 1. The number of fused-ring (bicyclic) bond motifs is 1. The van der Waals surface area contributed by atoms with E-state index in [1.165, 1.54) is 0 Å². The Balaban J connectivity index is 2.13. The quantitative estimate of drug-likeness (QED) is 0.737. The molecular weight excluding hydrogens is 222 g/mol. The highest BCUT2D eigenvalue weighted by Crippen LogP contribution is 2.28. The highest BCUT2D eigenvalue weighted by Gasteiger charge is 2.07. The molecule has 18 heavy (non-hydrogen) atoms. The van der Waals surface area contributed by atoms with Gasteiger partial charge in [0.15, 0.2) is 0 Å². The number of hydrogen-bond acceptors (Lipinski definition) is 2. The summed E-state index contributed by atoms with van der Waals surface area (Å²) in [6.07, 6.45) is 4.29. The summed E-state index contributed by atoms with van der Waals surface area (Å²) in [6.45, 7) is 0. The molecule has 1 heterocycles. The van der Waals surface area contributed by atoms with E-state index in [1.807, 2.05) is 42.6 Å². The van der Waals surface area contributed by atoms with E-state index in [0.717, 1.165) is 21.9 Å². The Labute approximate surface area is 106 Å². The number of aromatic hydroxyl groups is 1. The van der Waals surface area contributed by atoms with Crippen molar-refractivity contribution in [3.05, 3.63) is 72.1 Å². The average molecular weight is 235 g/mol. The Kier molecular flexibility index (Phi) is 2.69. The van der Waals surface area contributed by atoms with Crippen LogP contribution in [-0.2, 0) is 6.42 Å². The highest BCUT2D eigenvalue weighted by molar-refractivity contribution is 5.87. The SMILES string of the molecule is Oc1ccc2ccccc2c1Cc1cccnc1. The third kappa shape index (κ3) is 1.93. The summed E-state index contributed by atoms with van der Waals surface area (Å²) in [4.78, 5) is 4.11. The minimum atomic E-state index is 0.345. The lowest BCUT2D eigenvalue weighted by Crippen LogP contribution is -1.91. The molecule has 0 aliphatic rings. The number of hydrogen-bond donors (Lipinski definition) is 1. The lowest BCUT2D eigenvalue weighted by atomic mass is 9.98. The Morgan fingerprint density at radius 1 is 0.944 bits per heavy atom. The smallest absolute Gasteiger partial charge is 0.119 e. The molecule has 2 aromatic carbocycles. The zero-order valence-corrected chi connectivity index (χ0v) is 9.88. The lowest BCUT2D eigenvalue weighted by molar-refractivity contribution is 0.470. The molecule has 0 aliphatic heterocycles. The molecule has 0 unspecified atom stereocenters. The van der Waals surface area contributed by atoms with E-state index >= 15 is 0 Å². The molecule has 3 aromatic rings. The summed E-state index contributed by atoms with van der Waals surface area (Å²) in [6, 6.07) is 15.7. The van der Waals surface area contributed by atoms with Gasteiger partial charge in [0.05, 0.1) is 0 Å². The minimum Gasteiger partial charge on any atom is -0.508 e. The molecule has 0 radical (unpaired) electrons. The van der Waals surface area contributed by atoms with E-state index in [0.29, 0.717) is 12.2 Å². The van der Waals surface area contributed by atoms with Gasteiger partial charge in [0, 0.05) is 24.4 Å². The summed E-state index contributed by atoms with van der Waals surface area (Å²) in [5, 5.41) is 12.3. The third-order valence-corrected chi connectivity index (χ3v) is 3.12. The van der Waals surface area contributed by atoms with Crippen molar-refractivity contribution in [2.75, 3.05) is 0 Å². The predicted octanol–water partition coefficient (Wildman–Crippen LogP) is 3.53. The minimum absolute atomic E-state index is 0.345. The van der Waals surface area contributed by atoms with Gasteiger partial charge in [-0.05, 0) is 28.5 Å². The van der Waals surface area contributed by atoms with Gasteiger partial charge >= 0.3 is 0 Å². The second-order valence-electron chi connectivity index (χ2n) is 4.32. The van der Waals surface area contributed by atoms with Crippen molar-refractivity contribution in [1.29, 1.82) is 0 Å². The van der Waals surface area contributed by atoms with Gasteiger partial charge in [-0.2, -0.15) is 0 Å². The van der Waals surface area contributed by atoms with Crippen molar-refractivity contribution in [2.24, 2.45) is 0 Å². The van der Waals surface area contributed by atoms with Crippen molar-refractivity contribution in [2.45, 2.75) is 6.42 Å². The molecule has 0 spiro atoms. The topological polar surface area (TPSA) is 33.1 Å². The Morgan fingerprint density at radius 2 is 1.83 bits per heavy atom. The largest absolute Gasteiger partial charge is 0.508 e. The average Bonchev–Trinajstić information content (AvgIpc) is 2.43. The van der Waals surface area contributed by atoms with Crippen molar-refractivity contribution in [3.63, 3.8) is 0 Å². The Hall–Kier alpha value is -2.35. The summed E-state index contributed by atoms with van der Waals surface area (Å²) < 4.78 is 0. The fourth-order valence-corrected chi connectivity index (χ4v) is 2.22. The summed E-state index contributed by atoms with van der Waals surface area (Å²) in [7, 11) is 0. The summed E-state index contributed by atoms with van der Waals surface area (Å²) in [5.74, 6) is 0.345. The first-order chi connectivity index (χ1) is 8.84. The fraction of sp³-hybridized carbons (Fsp3) is 0.0625. The molecule has 2 heteroatoms. The van der Waals surface area contributed by atoms with E-state index in [4.69, 9.17) is 0 Å². The lowest BCUT2D eigenvalue weighted by Gasteiger charge is -2.09. The Bertz CT molecular complexity index is 677. The van der Waals surface area contributed by atoms with E-state index in [1.54, 1.807) is 12.3 Å². The van der Waals surface area contributed by atoms with Crippen LogP contribution in [0.3, 0.4) is 0 Å². The molecule has 1 aromatic heterocycles. The number of phenolic OH excluding ortho intramolecular Hbond substituents is 1. The zero-order valence-electron chi connectivity index (χ0n) is 9.88. The van der Waals surface area contributed by atoms with Crippen LogP contribution in [0, 0.1) is 0 Å². The van der Waals surface area contributed by atoms with Crippen LogP contribution in [0.4, 0.5) is 0 Å². The van der Waals surface area contributed by atoms with Crippen LogP contribution in [0.5, 0.6) is 5.75 Å². The van der Waals surface area contributed by atoms with Crippen molar-refractivity contribution in [3.8, 4) is 5.75 Å². The molecule has 0 atom stereocenters. The Morgan fingerprint density at radius 3 is 2.67 bits per heavy atom.